The summed E-state index contributed by atoms with van der Waals surface area (Å²) in [5.74, 6) is -0.0277. The van der Waals surface area contributed by atoms with E-state index < -0.39 is 0 Å². The summed E-state index contributed by atoms with van der Waals surface area (Å²) in [6.07, 6.45) is 1.52. The van der Waals surface area contributed by atoms with Gasteiger partial charge < -0.3 is 14.5 Å². The van der Waals surface area contributed by atoms with Crippen molar-refractivity contribution in [3.05, 3.63) is 66.0 Å². The van der Waals surface area contributed by atoms with Crippen LogP contribution in [0.5, 0.6) is 0 Å². The van der Waals surface area contributed by atoms with Gasteiger partial charge in [0.2, 0.25) is 0 Å². The largest absolute Gasteiger partial charge is 0.378 e. The minimum absolute atomic E-state index is 0.0277. The minimum atomic E-state index is -0.0277. The Morgan fingerprint density at radius 3 is 2.57 bits per heavy atom. The van der Waals surface area contributed by atoms with Crippen LogP contribution in [0.25, 0.3) is 5.69 Å². The zero-order valence-electron chi connectivity index (χ0n) is 15.7. The third-order valence-corrected chi connectivity index (χ3v) is 4.83. The quantitative estimate of drug-likeness (QED) is 0.674. The number of anilines is 1. The number of benzene rings is 2. The van der Waals surface area contributed by atoms with Crippen molar-refractivity contribution < 1.29 is 9.53 Å². The Morgan fingerprint density at radius 2 is 1.86 bits per heavy atom. The Labute approximate surface area is 163 Å². The van der Waals surface area contributed by atoms with Crippen molar-refractivity contribution in [2.75, 3.05) is 38.3 Å². The summed E-state index contributed by atoms with van der Waals surface area (Å²) in [7, 11) is 1.83. The molecule has 1 saturated heterocycles. The first-order valence-electron chi connectivity index (χ1n) is 9.22. The smallest absolute Gasteiger partial charge is 0.253 e. The van der Waals surface area contributed by atoms with Crippen molar-refractivity contribution >= 4 is 11.6 Å². The van der Waals surface area contributed by atoms with Gasteiger partial charge in [0.1, 0.15) is 6.33 Å². The Hall–Kier alpha value is -3.26. The van der Waals surface area contributed by atoms with E-state index in [1.54, 1.807) is 21.7 Å². The summed E-state index contributed by atoms with van der Waals surface area (Å²) < 4.78 is 7.01. The van der Waals surface area contributed by atoms with Crippen LogP contribution >= 0.6 is 0 Å². The molecule has 28 heavy (non-hydrogen) atoms. The number of carbonyl (C=O) groups is 1. The van der Waals surface area contributed by atoms with Crippen LogP contribution in [0.3, 0.4) is 0 Å². The van der Waals surface area contributed by atoms with E-state index in [0.29, 0.717) is 12.1 Å². The summed E-state index contributed by atoms with van der Waals surface area (Å²) in [5, 5.41) is 11.1. The average Bonchev–Trinajstić information content (AvgIpc) is 3.29. The molecule has 1 fully saturated rings. The summed E-state index contributed by atoms with van der Waals surface area (Å²) in [4.78, 5) is 16.9. The van der Waals surface area contributed by atoms with Crippen LogP contribution in [0.1, 0.15) is 15.9 Å². The number of nitrogens with zero attached hydrogens (tertiary/aromatic N) is 6. The molecular weight excluding hydrogens is 356 g/mol. The van der Waals surface area contributed by atoms with Gasteiger partial charge in [-0.3, -0.25) is 4.79 Å². The molecule has 1 aromatic heterocycles. The highest BCUT2D eigenvalue weighted by atomic mass is 16.5. The molecular formula is C20H22N6O2. The van der Waals surface area contributed by atoms with Gasteiger partial charge in [-0.2, -0.15) is 0 Å². The van der Waals surface area contributed by atoms with Gasteiger partial charge in [-0.15, -0.1) is 5.10 Å². The number of rotatable bonds is 5. The van der Waals surface area contributed by atoms with Crippen LogP contribution in [0.4, 0.5) is 5.69 Å². The number of hydrogen-bond acceptors (Lipinski definition) is 6. The zero-order chi connectivity index (χ0) is 19.3. The van der Waals surface area contributed by atoms with Gasteiger partial charge in [-0.1, -0.05) is 18.2 Å². The van der Waals surface area contributed by atoms with E-state index in [4.69, 9.17) is 4.74 Å². The van der Waals surface area contributed by atoms with E-state index in [1.165, 1.54) is 12.0 Å². The number of morpholine rings is 1. The lowest BCUT2D eigenvalue weighted by atomic mass is 10.1. The Kier molecular flexibility index (Phi) is 5.29. The molecule has 4 rings (SSSR count). The van der Waals surface area contributed by atoms with Gasteiger partial charge in [0, 0.05) is 37.9 Å². The molecule has 0 radical (unpaired) electrons. The fourth-order valence-electron chi connectivity index (χ4n) is 3.34. The summed E-state index contributed by atoms with van der Waals surface area (Å²) >= 11 is 0. The first-order chi connectivity index (χ1) is 13.7. The number of hydrogen-bond donors (Lipinski definition) is 0. The summed E-state index contributed by atoms with van der Waals surface area (Å²) in [6, 6.07) is 15.5. The average molecular weight is 378 g/mol. The maximum absolute atomic E-state index is 12.9. The molecule has 0 saturated carbocycles. The highest BCUT2D eigenvalue weighted by molar-refractivity contribution is 5.94. The number of aromatic nitrogens is 4. The van der Waals surface area contributed by atoms with E-state index in [1.807, 2.05) is 31.3 Å². The van der Waals surface area contributed by atoms with Crippen LogP contribution in [-0.4, -0.2) is 64.4 Å². The van der Waals surface area contributed by atoms with Gasteiger partial charge in [0.05, 0.1) is 18.9 Å². The monoisotopic (exact) mass is 378 g/mol. The standard InChI is InChI=1S/C20H22N6O2/c1-24(14-17-4-2-3-5-19(17)25-10-12-28-13-11-25)20(27)16-6-8-18(9-7-16)26-15-21-22-23-26/h2-9,15H,10-14H2,1H3. The Bertz CT molecular complexity index is 920. The number of para-hydroxylation sites is 1. The molecule has 2 aromatic carbocycles. The van der Waals surface area contributed by atoms with Crippen molar-refractivity contribution in [1.82, 2.24) is 25.1 Å². The van der Waals surface area contributed by atoms with E-state index in [0.717, 1.165) is 37.6 Å². The number of amides is 1. The molecule has 144 valence electrons. The van der Waals surface area contributed by atoms with Crippen molar-refractivity contribution in [2.45, 2.75) is 6.54 Å². The third kappa shape index (κ3) is 3.86. The van der Waals surface area contributed by atoms with E-state index in [-0.39, 0.29) is 5.91 Å². The molecule has 2 heterocycles. The van der Waals surface area contributed by atoms with Gasteiger partial charge >= 0.3 is 0 Å². The maximum atomic E-state index is 12.9. The molecule has 8 nitrogen and oxygen atoms in total. The first-order valence-corrected chi connectivity index (χ1v) is 9.22. The zero-order valence-corrected chi connectivity index (χ0v) is 15.7. The molecule has 1 aliphatic heterocycles. The molecule has 8 heteroatoms. The van der Waals surface area contributed by atoms with Crippen molar-refractivity contribution in [3.63, 3.8) is 0 Å². The minimum Gasteiger partial charge on any atom is -0.378 e. The molecule has 0 bridgehead atoms. The van der Waals surface area contributed by atoms with Crippen molar-refractivity contribution in [3.8, 4) is 5.69 Å². The van der Waals surface area contributed by atoms with Crippen LogP contribution in [0.15, 0.2) is 54.9 Å². The van der Waals surface area contributed by atoms with Gasteiger partial charge in [0.25, 0.3) is 5.91 Å². The van der Waals surface area contributed by atoms with Crippen LogP contribution in [0.2, 0.25) is 0 Å². The van der Waals surface area contributed by atoms with Crippen molar-refractivity contribution in [2.24, 2.45) is 0 Å². The highest BCUT2D eigenvalue weighted by Gasteiger charge is 2.18. The molecule has 0 unspecified atom stereocenters. The molecule has 1 amide bonds. The number of tetrazole rings is 1. The molecule has 0 spiro atoms. The van der Waals surface area contributed by atoms with Crippen LogP contribution < -0.4 is 4.90 Å². The normalized spacial score (nSPS) is 14.1. The summed E-state index contributed by atoms with van der Waals surface area (Å²) in [6.45, 7) is 3.75. The van der Waals surface area contributed by atoms with Gasteiger partial charge in [0.15, 0.2) is 0 Å². The predicted molar refractivity (Wildman–Crippen MR) is 104 cm³/mol. The van der Waals surface area contributed by atoms with E-state index >= 15 is 0 Å². The second-order valence-corrected chi connectivity index (χ2v) is 6.69. The second kappa shape index (κ2) is 8.18. The molecule has 3 aromatic rings. The molecule has 0 N–H and O–H groups in total. The lowest BCUT2D eigenvalue weighted by Gasteiger charge is -2.31. The van der Waals surface area contributed by atoms with E-state index in [2.05, 4.69) is 32.6 Å². The lowest BCUT2D eigenvalue weighted by Crippen LogP contribution is -2.37. The Morgan fingerprint density at radius 1 is 1.11 bits per heavy atom. The third-order valence-electron chi connectivity index (χ3n) is 4.83. The highest BCUT2D eigenvalue weighted by Crippen LogP contribution is 2.23. The van der Waals surface area contributed by atoms with Crippen LogP contribution in [0, 0.1) is 0 Å². The molecule has 0 atom stereocenters. The first kappa shape index (κ1) is 18.1. The summed E-state index contributed by atoms with van der Waals surface area (Å²) in [5.41, 5.74) is 3.73. The van der Waals surface area contributed by atoms with Gasteiger partial charge in [-0.05, 0) is 46.3 Å². The molecule has 1 aliphatic rings. The predicted octanol–water partition coefficient (Wildman–Crippen LogP) is 1.77. The maximum Gasteiger partial charge on any atom is 0.253 e. The fraction of sp³-hybridized carbons (Fsp3) is 0.300. The van der Waals surface area contributed by atoms with Crippen molar-refractivity contribution in [1.29, 1.82) is 0 Å². The topological polar surface area (TPSA) is 76.4 Å². The van der Waals surface area contributed by atoms with Crippen LogP contribution in [-0.2, 0) is 11.3 Å². The lowest BCUT2D eigenvalue weighted by molar-refractivity contribution is 0.0785. The molecule has 0 aliphatic carbocycles. The van der Waals surface area contributed by atoms with Gasteiger partial charge in [-0.25, -0.2) is 4.68 Å². The second-order valence-electron chi connectivity index (χ2n) is 6.69. The van der Waals surface area contributed by atoms with E-state index in [9.17, 15) is 4.79 Å². The number of ether oxygens (including phenoxy) is 1. The number of carbonyl (C=O) groups excluding carboxylic acids is 1. The SMILES string of the molecule is CN(Cc1ccccc1N1CCOCC1)C(=O)c1ccc(-n2cnnn2)cc1. The fourth-order valence-corrected chi connectivity index (χ4v) is 3.34. The Balaban J connectivity index is 1.48.